The van der Waals surface area contributed by atoms with E-state index >= 15 is 0 Å². The van der Waals surface area contributed by atoms with Crippen LogP contribution in [0.4, 0.5) is 0 Å². The molecule has 4 heteroatoms. The Morgan fingerprint density at radius 3 is 2.43 bits per heavy atom. The molecular weight excluding hydrogens is 456 g/mol. The average Bonchev–Trinajstić information content (AvgIpc) is 2.82. The van der Waals surface area contributed by atoms with E-state index in [1.54, 1.807) is 0 Å². The number of hydrogen-bond donors (Lipinski definition) is 1. The predicted octanol–water partition coefficient (Wildman–Crippen LogP) is 7.54. The lowest BCUT2D eigenvalue weighted by molar-refractivity contribution is -0.179. The van der Waals surface area contributed by atoms with Crippen LogP contribution in [-0.4, -0.2) is 21.0 Å². The molecule has 4 nitrogen and oxygen atoms in total. The van der Waals surface area contributed by atoms with Gasteiger partial charge < -0.3 is 5.11 Å². The van der Waals surface area contributed by atoms with E-state index in [0.29, 0.717) is 23.7 Å². The Labute approximate surface area is 224 Å². The first kappa shape index (κ1) is 25.6. The molecule has 202 valence electrons. The van der Waals surface area contributed by atoms with Gasteiger partial charge in [-0.1, -0.05) is 60.1 Å². The monoisotopic (exact) mass is 504 g/mol. The van der Waals surface area contributed by atoms with Crippen molar-refractivity contribution >= 4 is 5.97 Å². The van der Waals surface area contributed by atoms with Crippen LogP contribution >= 0.6 is 0 Å². The fraction of sp³-hybridized carbons (Fsp3) is 0.788. The summed E-state index contributed by atoms with van der Waals surface area (Å²) in [5.41, 5.74) is 4.03. The third kappa shape index (κ3) is 2.99. The third-order valence-electron chi connectivity index (χ3n) is 13.7. The number of aliphatic carboxylic acids is 1. The summed E-state index contributed by atoms with van der Waals surface area (Å²) < 4.78 is 0. The Hall–Kier alpha value is -1.71. The largest absolute Gasteiger partial charge is 0.481 e. The first-order valence-electron chi connectivity index (χ1n) is 15.0. The van der Waals surface area contributed by atoms with Crippen molar-refractivity contribution in [2.24, 2.45) is 51.2 Å². The van der Waals surface area contributed by atoms with Crippen molar-refractivity contribution in [1.29, 1.82) is 0 Å². The van der Waals surface area contributed by atoms with Gasteiger partial charge in [-0.2, -0.15) is 0 Å². The molecule has 37 heavy (non-hydrogen) atoms. The molecule has 9 atom stereocenters. The minimum atomic E-state index is -0.567. The average molecular weight is 505 g/mol. The number of aromatic nitrogens is 2. The number of carboxylic acids is 1. The van der Waals surface area contributed by atoms with E-state index in [-0.39, 0.29) is 27.6 Å². The van der Waals surface area contributed by atoms with Crippen molar-refractivity contribution in [3.63, 3.8) is 0 Å². The van der Waals surface area contributed by atoms with E-state index in [0.717, 1.165) is 44.3 Å². The van der Waals surface area contributed by atoms with Crippen molar-refractivity contribution in [3.8, 4) is 0 Å². The molecule has 1 heterocycles. The van der Waals surface area contributed by atoms with Crippen LogP contribution in [0.15, 0.2) is 17.8 Å². The lowest BCUT2D eigenvalue weighted by Crippen LogP contribution is -2.65. The molecule has 6 rings (SSSR count). The molecule has 0 bridgehead atoms. The van der Waals surface area contributed by atoms with Crippen molar-refractivity contribution in [2.75, 3.05) is 0 Å². The molecule has 0 aromatic carbocycles. The number of carbonyl (C=O) groups is 1. The van der Waals surface area contributed by atoms with Crippen LogP contribution in [0.5, 0.6) is 0 Å². The van der Waals surface area contributed by atoms with Gasteiger partial charge in [0.25, 0.3) is 0 Å². The topological polar surface area (TPSA) is 63.1 Å². The highest BCUT2D eigenvalue weighted by Crippen LogP contribution is 2.75. The zero-order valence-corrected chi connectivity index (χ0v) is 24.4. The van der Waals surface area contributed by atoms with Gasteiger partial charge in [0, 0.05) is 11.6 Å². The van der Waals surface area contributed by atoms with E-state index in [2.05, 4.69) is 65.7 Å². The number of allylic oxidation sites excluding steroid dienone is 2. The fourth-order valence-corrected chi connectivity index (χ4v) is 11.4. The number of hydrogen-bond acceptors (Lipinski definition) is 3. The summed E-state index contributed by atoms with van der Waals surface area (Å²) in [7, 11) is 0. The molecule has 1 aromatic rings. The lowest BCUT2D eigenvalue weighted by atomic mass is 9.33. The van der Waals surface area contributed by atoms with Gasteiger partial charge in [0.05, 0.1) is 11.1 Å². The molecular formula is C33H48N2O2. The quantitative estimate of drug-likeness (QED) is 0.401. The van der Waals surface area contributed by atoms with Crippen LogP contribution in [0.3, 0.4) is 0 Å². The molecule has 0 spiro atoms. The molecule has 3 fully saturated rings. The Morgan fingerprint density at radius 1 is 1.00 bits per heavy atom. The van der Waals surface area contributed by atoms with Gasteiger partial charge in [-0.15, -0.1) is 0 Å². The molecule has 1 aromatic heterocycles. The second-order valence-electron chi connectivity index (χ2n) is 15.3. The number of fused-ring (bicyclic) bond motifs is 8. The number of nitrogens with zero attached hydrogens (tertiary/aromatic N) is 2. The van der Waals surface area contributed by atoms with E-state index in [9.17, 15) is 9.90 Å². The molecule has 5 aliphatic rings. The van der Waals surface area contributed by atoms with Gasteiger partial charge in [0.2, 0.25) is 0 Å². The van der Waals surface area contributed by atoms with Crippen LogP contribution < -0.4 is 0 Å². The normalized spacial score (nSPS) is 47.9. The van der Waals surface area contributed by atoms with Gasteiger partial charge in [-0.3, -0.25) is 4.79 Å². The van der Waals surface area contributed by atoms with Crippen molar-refractivity contribution in [1.82, 2.24) is 9.97 Å². The minimum Gasteiger partial charge on any atom is -0.481 e. The second-order valence-corrected chi connectivity index (χ2v) is 15.3. The molecule has 0 aliphatic heterocycles. The summed E-state index contributed by atoms with van der Waals surface area (Å²) in [5, 5.41) is 10.6. The lowest BCUT2D eigenvalue weighted by Gasteiger charge is -2.70. The molecule has 3 saturated carbocycles. The Kier molecular flexibility index (Phi) is 5.31. The van der Waals surface area contributed by atoms with Crippen LogP contribution in [0.1, 0.15) is 110 Å². The van der Waals surface area contributed by atoms with Crippen LogP contribution in [0, 0.1) is 58.2 Å². The fourth-order valence-electron chi connectivity index (χ4n) is 11.4. The zero-order valence-electron chi connectivity index (χ0n) is 24.4. The summed E-state index contributed by atoms with van der Waals surface area (Å²) in [4.78, 5) is 22.5. The van der Waals surface area contributed by atoms with E-state index in [1.165, 1.54) is 29.7 Å². The summed E-state index contributed by atoms with van der Waals surface area (Å²) in [5.74, 6) is 2.69. The maximum absolute atomic E-state index is 12.9. The smallest absolute Gasteiger partial charge is 0.310 e. The zero-order chi connectivity index (χ0) is 26.8. The molecule has 5 aliphatic carbocycles. The van der Waals surface area contributed by atoms with Gasteiger partial charge in [-0.05, 0) is 110 Å². The van der Waals surface area contributed by atoms with E-state index in [1.807, 2.05) is 6.92 Å². The van der Waals surface area contributed by atoms with Gasteiger partial charge in [0.1, 0.15) is 5.82 Å². The maximum atomic E-state index is 12.9. The maximum Gasteiger partial charge on any atom is 0.310 e. The van der Waals surface area contributed by atoms with Gasteiger partial charge >= 0.3 is 5.97 Å². The minimum absolute atomic E-state index is 0.0284. The van der Waals surface area contributed by atoms with Gasteiger partial charge in [0.15, 0.2) is 0 Å². The predicted molar refractivity (Wildman–Crippen MR) is 147 cm³/mol. The number of rotatable bonds is 1. The molecule has 0 amide bonds. The molecule has 0 saturated heterocycles. The first-order valence-corrected chi connectivity index (χ1v) is 15.0. The summed E-state index contributed by atoms with van der Waals surface area (Å²) in [6, 6.07) is 0. The van der Waals surface area contributed by atoms with E-state index < -0.39 is 11.4 Å². The first-order chi connectivity index (χ1) is 17.2. The molecule has 0 radical (unpaired) electrons. The number of carboxylic acid groups (broad SMARTS) is 1. The summed E-state index contributed by atoms with van der Waals surface area (Å²) >= 11 is 0. The third-order valence-corrected chi connectivity index (χ3v) is 13.7. The van der Waals surface area contributed by atoms with Gasteiger partial charge in [-0.25, -0.2) is 9.97 Å². The summed E-state index contributed by atoms with van der Waals surface area (Å²) in [6.45, 7) is 19.3. The highest BCUT2D eigenvalue weighted by atomic mass is 16.4. The van der Waals surface area contributed by atoms with E-state index in [4.69, 9.17) is 4.98 Å². The van der Waals surface area contributed by atoms with Crippen LogP contribution in [0.25, 0.3) is 0 Å². The molecule has 1 N–H and O–H groups in total. The Bertz CT molecular complexity index is 1190. The molecule has 9 unspecified atom stereocenters. The highest BCUT2D eigenvalue weighted by molar-refractivity contribution is 5.76. The van der Waals surface area contributed by atoms with Crippen LogP contribution in [0.2, 0.25) is 0 Å². The van der Waals surface area contributed by atoms with Crippen molar-refractivity contribution in [3.05, 3.63) is 34.9 Å². The van der Waals surface area contributed by atoms with Crippen LogP contribution in [-0.2, 0) is 16.6 Å². The number of aryl methyl sites for hydroxylation is 1. The van der Waals surface area contributed by atoms with Crippen molar-refractivity contribution in [2.45, 2.75) is 112 Å². The highest BCUT2D eigenvalue weighted by Gasteiger charge is 2.69. The second kappa shape index (κ2) is 7.69. The Balaban J connectivity index is 1.48. The SMILES string of the molecule is Cc1ncc2c(n1)C(C)(C)C1CCC3(C)C(CC=C4C5C(C)C(C)CCC5(C(=O)O)CCC43C)C1(C)C2. The summed E-state index contributed by atoms with van der Waals surface area (Å²) in [6.07, 6.45) is 13.0. The standard InChI is InChI=1S/C33H48N2O2/c1-19-11-14-33(28(36)37)16-15-31(7)23(26(33)20(19)2)9-10-25-30(6)17-22-18-34-21(3)35-27(22)29(4,5)24(30)12-13-32(25,31)8/h9,18-20,24-26H,10-17H2,1-8H3,(H,36,37). The van der Waals surface area contributed by atoms with Crippen molar-refractivity contribution < 1.29 is 9.90 Å². The Morgan fingerprint density at radius 2 is 1.73 bits per heavy atom.